The third-order valence-electron chi connectivity index (χ3n) is 4.91. The van der Waals surface area contributed by atoms with Crippen LogP contribution in [0.5, 0.6) is 11.5 Å². The zero-order valence-corrected chi connectivity index (χ0v) is 18.7. The summed E-state index contributed by atoms with van der Waals surface area (Å²) in [4.78, 5) is 17.2. The molecular weight excluding hydrogens is 414 g/mol. The number of thioether (sulfide) groups is 1. The second-order valence-electron chi connectivity index (χ2n) is 6.83. The summed E-state index contributed by atoms with van der Waals surface area (Å²) < 4.78 is 18.4. The van der Waals surface area contributed by atoms with E-state index in [1.54, 1.807) is 12.1 Å². The summed E-state index contributed by atoms with van der Waals surface area (Å²) in [5, 5.41) is 4.10. The van der Waals surface area contributed by atoms with Crippen LogP contribution < -0.4 is 14.8 Å². The monoisotopic (exact) mass is 439 g/mol. The molecule has 1 aromatic carbocycles. The minimum Gasteiger partial charge on any atom is -0.495 e. The summed E-state index contributed by atoms with van der Waals surface area (Å²) >= 11 is 7.52. The summed E-state index contributed by atoms with van der Waals surface area (Å²) in [6.45, 7) is 5.61. The SMILES string of the molecule is COc1cc(NC(=O)CSc2nc(C)c(C)n2CC2CCCO2)c(OC)cc1Cl. The molecule has 1 fully saturated rings. The van der Waals surface area contributed by atoms with Crippen LogP contribution in [0.25, 0.3) is 0 Å². The molecule has 2 aromatic rings. The van der Waals surface area contributed by atoms with Gasteiger partial charge in [-0.25, -0.2) is 4.98 Å². The van der Waals surface area contributed by atoms with Gasteiger partial charge in [0.05, 0.1) is 49.0 Å². The molecule has 2 heterocycles. The quantitative estimate of drug-likeness (QED) is 0.624. The molecule has 3 rings (SSSR count). The van der Waals surface area contributed by atoms with Gasteiger partial charge in [-0.3, -0.25) is 4.79 Å². The molecular formula is C20H26ClN3O4S. The van der Waals surface area contributed by atoms with Gasteiger partial charge < -0.3 is 24.1 Å². The highest BCUT2D eigenvalue weighted by molar-refractivity contribution is 7.99. The Labute approximate surface area is 180 Å². The van der Waals surface area contributed by atoms with Crippen molar-refractivity contribution < 1.29 is 19.0 Å². The third-order valence-corrected chi connectivity index (χ3v) is 6.19. The Bertz CT molecular complexity index is 881. The van der Waals surface area contributed by atoms with Gasteiger partial charge in [-0.2, -0.15) is 0 Å². The number of aromatic nitrogens is 2. The zero-order chi connectivity index (χ0) is 21.0. The van der Waals surface area contributed by atoms with Crippen LogP contribution in [-0.4, -0.2) is 48.1 Å². The zero-order valence-electron chi connectivity index (χ0n) is 17.1. The lowest BCUT2D eigenvalue weighted by atomic mass is 10.2. The molecule has 0 saturated carbocycles. The lowest BCUT2D eigenvalue weighted by molar-refractivity contribution is -0.113. The fraction of sp³-hybridized carbons (Fsp3) is 0.500. The minimum atomic E-state index is -0.167. The van der Waals surface area contributed by atoms with E-state index in [9.17, 15) is 4.79 Å². The number of hydrogen-bond acceptors (Lipinski definition) is 6. The maximum atomic E-state index is 12.6. The molecule has 1 aromatic heterocycles. The predicted octanol–water partition coefficient (Wildman–Crippen LogP) is 4.08. The third kappa shape index (κ3) is 5.18. The molecule has 1 aliphatic rings. The van der Waals surface area contributed by atoms with E-state index in [1.165, 1.54) is 26.0 Å². The van der Waals surface area contributed by atoms with Crippen LogP contribution in [0.4, 0.5) is 5.69 Å². The fourth-order valence-corrected chi connectivity index (χ4v) is 4.35. The molecule has 158 valence electrons. The van der Waals surface area contributed by atoms with Crippen molar-refractivity contribution in [1.82, 2.24) is 9.55 Å². The molecule has 0 bridgehead atoms. The number of methoxy groups -OCH3 is 2. The van der Waals surface area contributed by atoms with Crippen LogP contribution in [0, 0.1) is 13.8 Å². The highest BCUT2D eigenvalue weighted by Gasteiger charge is 2.21. The summed E-state index contributed by atoms with van der Waals surface area (Å²) in [6.07, 6.45) is 2.36. The highest BCUT2D eigenvalue weighted by Crippen LogP contribution is 2.36. The molecule has 0 radical (unpaired) electrons. The topological polar surface area (TPSA) is 74.6 Å². The number of aryl methyl sites for hydroxylation is 1. The summed E-state index contributed by atoms with van der Waals surface area (Å²) in [5.41, 5.74) is 2.58. The van der Waals surface area contributed by atoms with Crippen LogP contribution in [0.2, 0.25) is 5.02 Å². The van der Waals surface area contributed by atoms with Crippen LogP contribution in [-0.2, 0) is 16.1 Å². The van der Waals surface area contributed by atoms with Crippen molar-refractivity contribution in [2.75, 3.05) is 31.9 Å². The first-order valence-electron chi connectivity index (χ1n) is 9.42. The minimum absolute atomic E-state index is 0.167. The van der Waals surface area contributed by atoms with Crippen molar-refractivity contribution in [3.8, 4) is 11.5 Å². The van der Waals surface area contributed by atoms with Crippen molar-refractivity contribution in [3.63, 3.8) is 0 Å². The van der Waals surface area contributed by atoms with Crippen molar-refractivity contribution in [1.29, 1.82) is 0 Å². The smallest absolute Gasteiger partial charge is 0.234 e. The van der Waals surface area contributed by atoms with E-state index in [2.05, 4.69) is 14.9 Å². The van der Waals surface area contributed by atoms with Crippen molar-refractivity contribution in [2.45, 2.75) is 44.5 Å². The summed E-state index contributed by atoms with van der Waals surface area (Å²) in [6, 6.07) is 3.26. The number of amides is 1. The Balaban J connectivity index is 1.67. The average Bonchev–Trinajstić information content (AvgIpc) is 3.31. The van der Waals surface area contributed by atoms with E-state index in [0.717, 1.165) is 42.5 Å². The molecule has 1 amide bonds. The van der Waals surface area contributed by atoms with Gasteiger partial charge in [0, 0.05) is 24.4 Å². The van der Waals surface area contributed by atoms with E-state index < -0.39 is 0 Å². The largest absolute Gasteiger partial charge is 0.495 e. The lowest BCUT2D eigenvalue weighted by Crippen LogP contribution is -2.18. The van der Waals surface area contributed by atoms with Crippen molar-refractivity contribution in [3.05, 3.63) is 28.5 Å². The molecule has 0 aliphatic carbocycles. The number of ether oxygens (including phenoxy) is 3. The number of carbonyl (C=O) groups excluding carboxylic acids is 1. The van der Waals surface area contributed by atoms with Gasteiger partial charge >= 0.3 is 0 Å². The maximum absolute atomic E-state index is 12.6. The molecule has 1 aliphatic heterocycles. The summed E-state index contributed by atoms with van der Waals surface area (Å²) in [5.74, 6) is 0.990. The van der Waals surface area contributed by atoms with Crippen LogP contribution in [0.15, 0.2) is 17.3 Å². The Hall–Kier alpha value is -1.90. The number of anilines is 1. The molecule has 1 saturated heterocycles. The Morgan fingerprint density at radius 3 is 2.76 bits per heavy atom. The van der Waals surface area contributed by atoms with E-state index in [4.69, 9.17) is 25.8 Å². The molecule has 7 nitrogen and oxygen atoms in total. The second-order valence-corrected chi connectivity index (χ2v) is 8.18. The number of benzene rings is 1. The van der Waals surface area contributed by atoms with Gasteiger partial charge in [0.15, 0.2) is 5.16 Å². The first-order chi connectivity index (χ1) is 13.9. The molecule has 1 N–H and O–H groups in total. The number of rotatable bonds is 8. The van der Waals surface area contributed by atoms with Gasteiger partial charge in [-0.05, 0) is 26.7 Å². The van der Waals surface area contributed by atoms with E-state index >= 15 is 0 Å². The normalized spacial score (nSPS) is 16.1. The Morgan fingerprint density at radius 2 is 2.10 bits per heavy atom. The van der Waals surface area contributed by atoms with Gasteiger partial charge in [-0.1, -0.05) is 23.4 Å². The van der Waals surface area contributed by atoms with Gasteiger partial charge in [-0.15, -0.1) is 0 Å². The van der Waals surface area contributed by atoms with Gasteiger partial charge in [0.25, 0.3) is 0 Å². The first kappa shape index (κ1) is 21.8. The first-order valence-corrected chi connectivity index (χ1v) is 10.8. The number of nitrogens with one attached hydrogen (secondary N) is 1. The maximum Gasteiger partial charge on any atom is 0.234 e. The number of hydrogen-bond donors (Lipinski definition) is 1. The highest BCUT2D eigenvalue weighted by atomic mass is 35.5. The van der Waals surface area contributed by atoms with E-state index in [1.807, 2.05) is 13.8 Å². The van der Waals surface area contributed by atoms with Crippen LogP contribution in [0.3, 0.4) is 0 Å². The molecule has 9 heteroatoms. The molecule has 29 heavy (non-hydrogen) atoms. The van der Waals surface area contributed by atoms with E-state index in [0.29, 0.717) is 22.2 Å². The summed E-state index contributed by atoms with van der Waals surface area (Å²) in [7, 11) is 3.05. The number of nitrogens with zero attached hydrogens (tertiary/aromatic N) is 2. The standard InChI is InChI=1S/C20H26ClN3O4S/c1-12-13(2)24(10-14-6-5-7-28-14)20(22-12)29-11-19(25)23-16-9-17(26-3)15(21)8-18(16)27-4/h8-9,14H,5-7,10-11H2,1-4H3,(H,23,25). The van der Waals surface area contributed by atoms with Crippen molar-refractivity contribution >= 4 is 35.0 Å². The Morgan fingerprint density at radius 1 is 1.34 bits per heavy atom. The van der Waals surface area contributed by atoms with Crippen molar-refractivity contribution in [2.24, 2.45) is 0 Å². The predicted molar refractivity (Wildman–Crippen MR) is 115 cm³/mol. The second kappa shape index (κ2) is 9.73. The van der Waals surface area contributed by atoms with Gasteiger partial charge in [0.2, 0.25) is 5.91 Å². The number of halogens is 1. The number of carbonyl (C=O) groups is 1. The van der Waals surface area contributed by atoms with Crippen LogP contribution in [0.1, 0.15) is 24.2 Å². The van der Waals surface area contributed by atoms with Crippen LogP contribution >= 0.6 is 23.4 Å². The lowest BCUT2D eigenvalue weighted by Gasteiger charge is -2.15. The molecule has 1 atom stereocenters. The van der Waals surface area contributed by atoms with E-state index in [-0.39, 0.29) is 17.8 Å². The fourth-order valence-electron chi connectivity index (χ4n) is 3.22. The molecule has 1 unspecified atom stereocenters. The number of imidazole rings is 1. The Kier molecular flexibility index (Phi) is 7.32. The molecule has 0 spiro atoms. The van der Waals surface area contributed by atoms with Gasteiger partial charge in [0.1, 0.15) is 11.5 Å². The average molecular weight is 440 g/mol.